The minimum absolute atomic E-state index is 0.0800. The fourth-order valence-electron chi connectivity index (χ4n) is 3.25. The second-order valence-corrected chi connectivity index (χ2v) is 6.33. The van der Waals surface area contributed by atoms with Crippen LogP contribution in [0.4, 0.5) is 5.69 Å². The highest BCUT2D eigenvalue weighted by atomic mass is 16.3. The van der Waals surface area contributed by atoms with E-state index in [1.165, 1.54) is 0 Å². The summed E-state index contributed by atoms with van der Waals surface area (Å²) >= 11 is 0. The molecule has 2 aromatic carbocycles. The summed E-state index contributed by atoms with van der Waals surface area (Å²) in [6.45, 7) is 0.867. The van der Waals surface area contributed by atoms with Crippen LogP contribution in [0.3, 0.4) is 0 Å². The van der Waals surface area contributed by atoms with Crippen LogP contribution in [0.2, 0.25) is 0 Å². The van der Waals surface area contributed by atoms with E-state index in [-0.39, 0.29) is 5.91 Å². The molecule has 0 bridgehead atoms. The maximum absolute atomic E-state index is 12.6. The van der Waals surface area contributed by atoms with Gasteiger partial charge in [-0.15, -0.1) is 0 Å². The highest BCUT2D eigenvalue weighted by molar-refractivity contribution is 6.04. The number of aliphatic hydroxyl groups is 1. The van der Waals surface area contributed by atoms with Crippen LogP contribution in [0.15, 0.2) is 36.4 Å². The smallest absolute Gasteiger partial charge is 0.256 e. The summed E-state index contributed by atoms with van der Waals surface area (Å²) in [7, 11) is 0. The van der Waals surface area contributed by atoms with E-state index in [0.29, 0.717) is 30.3 Å². The molecule has 0 atom stereocenters. The quantitative estimate of drug-likeness (QED) is 0.828. The predicted octanol–water partition coefficient (Wildman–Crippen LogP) is 2.02. The number of likely N-dealkylation sites (tertiary alicyclic amines) is 1. The minimum atomic E-state index is -0.652. The Bertz CT molecular complexity index is 731. The van der Waals surface area contributed by atoms with Gasteiger partial charge in [-0.1, -0.05) is 24.3 Å². The van der Waals surface area contributed by atoms with Gasteiger partial charge in [0.15, 0.2) is 0 Å². The second kappa shape index (κ2) is 4.21. The predicted molar refractivity (Wildman–Crippen MR) is 81.9 cm³/mol. The van der Waals surface area contributed by atoms with E-state index in [4.69, 9.17) is 5.73 Å². The molecule has 1 aliphatic heterocycles. The van der Waals surface area contributed by atoms with Gasteiger partial charge in [0, 0.05) is 5.69 Å². The number of benzene rings is 2. The van der Waals surface area contributed by atoms with Crippen molar-refractivity contribution < 1.29 is 9.90 Å². The number of anilines is 1. The van der Waals surface area contributed by atoms with E-state index >= 15 is 0 Å². The molecule has 1 amide bonds. The minimum Gasteiger partial charge on any atom is -0.398 e. The van der Waals surface area contributed by atoms with Gasteiger partial charge < -0.3 is 15.7 Å². The van der Waals surface area contributed by atoms with Crippen molar-refractivity contribution >= 4 is 22.4 Å². The van der Waals surface area contributed by atoms with E-state index in [1.54, 1.807) is 4.90 Å². The molecule has 1 saturated heterocycles. The maximum Gasteiger partial charge on any atom is 0.256 e. The fourth-order valence-corrected chi connectivity index (χ4v) is 3.25. The number of fused-ring (bicyclic) bond motifs is 1. The number of carbonyl (C=O) groups excluding carboxylic acids is 1. The summed E-state index contributed by atoms with van der Waals surface area (Å²) in [4.78, 5) is 14.3. The summed E-state index contributed by atoms with van der Waals surface area (Å²) in [6, 6.07) is 11.5. The van der Waals surface area contributed by atoms with Gasteiger partial charge in [0.1, 0.15) is 5.60 Å². The van der Waals surface area contributed by atoms with Gasteiger partial charge in [-0.3, -0.25) is 4.79 Å². The summed E-state index contributed by atoms with van der Waals surface area (Å²) < 4.78 is 0. The SMILES string of the molecule is Nc1cc2ccccc2cc1C(=O)N1CC(O)(C2CC2)C1. The average Bonchev–Trinajstić information content (AvgIpc) is 3.27. The molecule has 2 fully saturated rings. The van der Waals surface area contributed by atoms with Crippen molar-refractivity contribution in [2.45, 2.75) is 18.4 Å². The second-order valence-electron chi connectivity index (χ2n) is 6.33. The van der Waals surface area contributed by atoms with Crippen molar-refractivity contribution in [2.24, 2.45) is 5.92 Å². The number of carbonyl (C=O) groups is 1. The topological polar surface area (TPSA) is 66.6 Å². The first-order valence-electron chi connectivity index (χ1n) is 7.37. The monoisotopic (exact) mass is 282 g/mol. The Morgan fingerprint density at radius 3 is 2.43 bits per heavy atom. The van der Waals surface area contributed by atoms with E-state index < -0.39 is 5.60 Å². The maximum atomic E-state index is 12.6. The van der Waals surface area contributed by atoms with Crippen molar-refractivity contribution in [1.82, 2.24) is 4.90 Å². The van der Waals surface area contributed by atoms with Crippen LogP contribution in [0, 0.1) is 5.92 Å². The van der Waals surface area contributed by atoms with E-state index in [2.05, 4.69) is 0 Å². The number of β-amino-alcohol motifs (C(OH)–C–C–N with tert-alkyl or cyclic N) is 1. The molecule has 108 valence electrons. The molecule has 0 unspecified atom stereocenters. The Hall–Kier alpha value is -2.07. The molecule has 0 aromatic heterocycles. The Labute approximate surface area is 123 Å². The lowest BCUT2D eigenvalue weighted by Gasteiger charge is -2.47. The van der Waals surface area contributed by atoms with Crippen molar-refractivity contribution in [3.63, 3.8) is 0 Å². The number of nitrogen functional groups attached to an aromatic ring is 1. The van der Waals surface area contributed by atoms with Crippen LogP contribution in [0.5, 0.6) is 0 Å². The van der Waals surface area contributed by atoms with Crippen LogP contribution in [-0.4, -0.2) is 34.6 Å². The molecule has 21 heavy (non-hydrogen) atoms. The zero-order chi connectivity index (χ0) is 14.6. The number of amides is 1. The van der Waals surface area contributed by atoms with Crippen molar-refractivity contribution in [1.29, 1.82) is 0 Å². The van der Waals surface area contributed by atoms with Crippen LogP contribution in [0.25, 0.3) is 10.8 Å². The summed E-state index contributed by atoms with van der Waals surface area (Å²) in [5.74, 6) is 0.305. The van der Waals surface area contributed by atoms with Gasteiger partial charge in [-0.25, -0.2) is 0 Å². The standard InChI is InChI=1S/C17H18N2O2/c18-15-8-12-4-2-1-3-11(12)7-14(15)16(20)19-9-17(21,10-19)13-5-6-13/h1-4,7-8,13,21H,5-6,9-10,18H2. The third-order valence-corrected chi connectivity index (χ3v) is 4.70. The largest absolute Gasteiger partial charge is 0.398 e. The number of hydrogen-bond acceptors (Lipinski definition) is 3. The average molecular weight is 282 g/mol. The first-order valence-corrected chi connectivity index (χ1v) is 7.37. The lowest BCUT2D eigenvalue weighted by molar-refractivity contribution is -0.0957. The summed E-state index contributed by atoms with van der Waals surface area (Å²) in [5, 5.41) is 12.4. The number of nitrogens with zero attached hydrogens (tertiary/aromatic N) is 1. The number of rotatable bonds is 2. The summed E-state index contributed by atoms with van der Waals surface area (Å²) in [6.07, 6.45) is 2.16. The van der Waals surface area contributed by atoms with Crippen LogP contribution < -0.4 is 5.73 Å². The molecule has 4 heteroatoms. The van der Waals surface area contributed by atoms with E-state index in [9.17, 15) is 9.90 Å². The Balaban J connectivity index is 1.61. The molecule has 4 nitrogen and oxygen atoms in total. The van der Waals surface area contributed by atoms with Gasteiger partial charge in [0.2, 0.25) is 0 Å². The Morgan fingerprint density at radius 2 is 1.81 bits per heavy atom. The molecule has 0 radical (unpaired) electrons. The third-order valence-electron chi connectivity index (χ3n) is 4.70. The first-order chi connectivity index (χ1) is 10.1. The first kappa shape index (κ1) is 12.7. The highest BCUT2D eigenvalue weighted by Gasteiger charge is 2.53. The van der Waals surface area contributed by atoms with Gasteiger partial charge >= 0.3 is 0 Å². The number of hydrogen-bond donors (Lipinski definition) is 2. The Kier molecular flexibility index (Phi) is 2.54. The molecule has 0 spiro atoms. The van der Waals surface area contributed by atoms with Gasteiger partial charge in [0.05, 0.1) is 18.7 Å². The van der Waals surface area contributed by atoms with Gasteiger partial charge in [0.25, 0.3) is 5.91 Å². The number of nitrogens with two attached hydrogens (primary N) is 1. The fraction of sp³-hybridized carbons (Fsp3) is 0.353. The molecule has 4 rings (SSSR count). The molecule has 1 aliphatic carbocycles. The molecular formula is C17H18N2O2. The zero-order valence-corrected chi connectivity index (χ0v) is 11.7. The molecule has 2 aromatic rings. The van der Waals surface area contributed by atoms with Gasteiger partial charge in [-0.2, -0.15) is 0 Å². The van der Waals surface area contributed by atoms with Gasteiger partial charge in [-0.05, 0) is 41.7 Å². The normalized spacial score (nSPS) is 20.3. The molecule has 2 aliphatic rings. The van der Waals surface area contributed by atoms with E-state index in [1.807, 2.05) is 36.4 Å². The molecule has 1 heterocycles. The Morgan fingerprint density at radius 1 is 1.19 bits per heavy atom. The van der Waals surface area contributed by atoms with Crippen LogP contribution in [0.1, 0.15) is 23.2 Å². The lowest BCUT2D eigenvalue weighted by atomic mass is 9.88. The van der Waals surface area contributed by atoms with E-state index in [0.717, 1.165) is 23.6 Å². The third kappa shape index (κ3) is 1.98. The van der Waals surface area contributed by atoms with Crippen molar-refractivity contribution in [3.8, 4) is 0 Å². The van der Waals surface area contributed by atoms with Crippen LogP contribution >= 0.6 is 0 Å². The van der Waals surface area contributed by atoms with Crippen molar-refractivity contribution in [2.75, 3.05) is 18.8 Å². The molecular weight excluding hydrogens is 264 g/mol. The lowest BCUT2D eigenvalue weighted by Crippen LogP contribution is -2.64. The van der Waals surface area contributed by atoms with Crippen LogP contribution in [-0.2, 0) is 0 Å². The zero-order valence-electron chi connectivity index (χ0n) is 11.7. The molecule has 3 N–H and O–H groups in total. The highest BCUT2D eigenvalue weighted by Crippen LogP contribution is 2.45. The summed E-state index contributed by atoms with van der Waals surface area (Å²) in [5.41, 5.74) is 6.42. The van der Waals surface area contributed by atoms with Crippen molar-refractivity contribution in [3.05, 3.63) is 42.0 Å². The molecule has 1 saturated carbocycles.